The van der Waals surface area contributed by atoms with Crippen LogP contribution in [0.2, 0.25) is 0 Å². The van der Waals surface area contributed by atoms with Gasteiger partial charge in [-0.3, -0.25) is 9.78 Å². The van der Waals surface area contributed by atoms with E-state index in [0.29, 0.717) is 25.2 Å². The molecule has 0 aliphatic carbocycles. The Kier molecular flexibility index (Phi) is 3.69. The van der Waals surface area contributed by atoms with E-state index in [2.05, 4.69) is 4.98 Å². The maximum absolute atomic E-state index is 12.3. The SMILES string of the molecule is Cc1cc(C(=O)N2CCN(C(=O)O)[C@@H](C)C2)ccn1. The first-order valence-corrected chi connectivity index (χ1v) is 6.20. The monoisotopic (exact) mass is 263 g/mol. The molecule has 0 unspecified atom stereocenters. The lowest BCUT2D eigenvalue weighted by atomic mass is 10.1. The Morgan fingerprint density at radius 3 is 2.74 bits per heavy atom. The van der Waals surface area contributed by atoms with Crippen LogP contribution in [-0.4, -0.2) is 57.6 Å². The normalized spacial score (nSPS) is 19.4. The van der Waals surface area contributed by atoms with Crippen LogP contribution in [-0.2, 0) is 0 Å². The van der Waals surface area contributed by atoms with Gasteiger partial charge in [-0.2, -0.15) is 0 Å². The van der Waals surface area contributed by atoms with Gasteiger partial charge in [0.1, 0.15) is 0 Å². The number of amides is 2. The van der Waals surface area contributed by atoms with Crippen LogP contribution in [0.5, 0.6) is 0 Å². The third-order valence-electron chi connectivity index (χ3n) is 3.30. The van der Waals surface area contributed by atoms with Crippen molar-refractivity contribution in [2.75, 3.05) is 19.6 Å². The Bertz CT molecular complexity index is 504. The predicted octanol–water partition coefficient (Wildman–Crippen LogP) is 1.21. The van der Waals surface area contributed by atoms with Gasteiger partial charge in [0.05, 0.1) is 0 Å². The van der Waals surface area contributed by atoms with Gasteiger partial charge in [0, 0.05) is 43.1 Å². The summed E-state index contributed by atoms with van der Waals surface area (Å²) >= 11 is 0. The number of nitrogens with zero attached hydrogens (tertiary/aromatic N) is 3. The molecule has 1 saturated heterocycles. The van der Waals surface area contributed by atoms with Crippen molar-refractivity contribution in [1.29, 1.82) is 0 Å². The van der Waals surface area contributed by atoms with Gasteiger partial charge in [0.2, 0.25) is 0 Å². The van der Waals surface area contributed by atoms with E-state index >= 15 is 0 Å². The predicted molar refractivity (Wildman–Crippen MR) is 69.1 cm³/mol. The van der Waals surface area contributed by atoms with Gasteiger partial charge < -0.3 is 14.9 Å². The number of carboxylic acid groups (broad SMARTS) is 1. The van der Waals surface area contributed by atoms with E-state index < -0.39 is 6.09 Å². The zero-order chi connectivity index (χ0) is 14.0. The molecule has 0 saturated carbocycles. The van der Waals surface area contributed by atoms with E-state index in [1.165, 1.54) is 4.90 Å². The van der Waals surface area contributed by atoms with Crippen molar-refractivity contribution in [2.24, 2.45) is 0 Å². The molecule has 1 aromatic rings. The fraction of sp³-hybridized carbons (Fsp3) is 0.462. The fourth-order valence-electron chi connectivity index (χ4n) is 2.29. The zero-order valence-corrected chi connectivity index (χ0v) is 11.0. The van der Waals surface area contributed by atoms with E-state index in [1.807, 2.05) is 13.8 Å². The smallest absolute Gasteiger partial charge is 0.407 e. The fourth-order valence-corrected chi connectivity index (χ4v) is 2.29. The highest BCUT2D eigenvalue weighted by Crippen LogP contribution is 2.13. The molecule has 19 heavy (non-hydrogen) atoms. The third kappa shape index (κ3) is 2.83. The molecule has 6 heteroatoms. The van der Waals surface area contributed by atoms with E-state index in [-0.39, 0.29) is 11.9 Å². The summed E-state index contributed by atoms with van der Waals surface area (Å²) < 4.78 is 0. The first-order chi connectivity index (χ1) is 8.99. The van der Waals surface area contributed by atoms with Gasteiger partial charge in [-0.05, 0) is 26.0 Å². The highest BCUT2D eigenvalue weighted by Gasteiger charge is 2.29. The van der Waals surface area contributed by atoms with Crippen molar-refractivity contribution in [2.45, 2.75) is 19.9 Å². The molecule has 1 atom stereocenters. The Morgan fingerprint density at radius 2 is 2.16 bits per heavy atom. The third-order valence-corrected chi connectivity index (χ3v) is 3.30. The van der Waals surface area contributed by atoms with Crippen LogP contribution in [0.15, 0.2) is 18.3 Å². The van der Waals surface area contributed by atoms with E-state index in [1.54, 1.807) is 23.2 Å². The molecule has 6 nitrogen and oxygen atoms in total. The molecule has 2 heterocycles. The molecule has 1 aliphatic rings. The molecule has 1 N–H and O–H groups in total. The highest BCUT2D eigenvalue weighted by atomic mass is 16.4. The summed E-state index contributed by atoms with van der Waals surface area (Å²) in [6.45, 7) is 4.85. The summed E-state index contributed by atoms with van der Waals surface area (Å²) in [6.07, 6.45) is 0.679. The van der Waals surface area contributed by atoms with Crippen LogP contribution >= 0.6 is 0 Å². The molecule has 1 aromatic heterocycles. The number of carbonyl (C=O) groups excluding carboxylic acids is 1. The molecule has 0 bridgehead atoms. The largest absolute Gasteiger partial charge is 0.465 e. The number of aryl methyl sites for hydroxylation is 1. The summed E-state index contributed by atoms with van der Waals surface area (Å²) in [5.74, 6) is -0.0672. The zero-order valence-electron chi connectivity index (χ0n) is 11.0. The Morgan fingerprint density at radius 1 is 1.42 bits per heavy atom. The summed E-state index contributed by atoms with van der Waals surface area (Å²) in [5.41, 5.74) is 1.39. The lowest BCUT2D eigenvalue weighted by Gasteiger charge is -2.38. The van der Waals surface area contributed by atoms with Gasteiger partial charge in [0.15, 0.2) is 0 Å². The number of hydrogen-bond acceptors (Lipinski definition) is 3. The van der Waals surface area contributed by atoms with Crippen molar-refractivity contribution in [1.82, 2.24) is 14.8 Å². The average Bonchev–Trinajstić information content (AvgIpc) is 2.37. The number of aromatic nitrogens is 1. The minimum atomic E-state index is -0.931. The molecule has 102 valence electrons. The van der Waals surface area contributed by atoms with Crippen molar-refractivity contribution >= 4 is 12.0 Å². The van der Waals surface area contributed by atoms with Gasteiger partial charge in [0.25, 0.3) is 5.91 Å². The number of carbonyl (C=O) groups is 2. The standard InChI is InChI=1S/C13H17N3O3/c1-9-7-11(3-4-14-9)12(17)15-5-6-16(13(18)19)10(2)8-15/h3-4,7,10H,5-6,8H2,1-2H3,(H,18,19)/t10-/m0/s1. The topological polar surface area (TPSA) is 73.7 Å². The van der Waals surface area contributed by atoms with Gasteiger partial charge in [-0.1, -0.05) is 0 Å². The van der Waals surface area contributed by atoms with Crippen molar-refractivity contribution in [3.8, 4) is 0 Å². The average molecular weight is 263 g/mol. The summed E-state index contributed by atoms with van der Waals surface area (Å²) in [4.78, 5) is 30.4. The lowest BCUT2D eigenvalue weighted by Crippen LogP contribution is -2.55. The molecule has 2 rings (SSSR count). The number of pyridine rings is 1. The molecule has 2 amide bonds. The molecular weight excluding hydrogens is 246 g/mol. The van der Waals surface area contributed by atoms with Crippen LogP contribution in [0.1, 0.15) is 23.0 Å². The second-order valence-electron chi connectivity index (χ2n) is 4.76. The molecule has 1 aliphatic heterocycles. The molecule has 1 fully saturated rings. The minimum absolute atomic E-state index is 0.0672. The maximum Gasteiger partial charge on any atom is 0.407 e. The summed E-state index contributed by atoms with van der Waals surface area (Å²) in [5, 5.41) is 9.00. The lowest BCUT2D eigenvalue weighted by molar-refractivity contribution is 0.0506. The Labute approximate surface area is 111 Å². The van der Waals surface area contributed by atoms with E-state index in [0.717, 1.165) is 5.69 Å². The van der Waals surface area contributed by atoms with Gasteiger partial charge in [-0.25, -0.2) is 4.79 Å². The van der Waals surface area contributed by atoms with Crippen molar-refractivity contribution in [3.63, 3.8) is 0 Å². The Hall–Kier alpha value is -2.11. The van der Waals surface area contributed by atoms with Crippen LogP contribution in [0.4, 0.5) is 4.79 Å². The molecule has 0 aromatic carbocycles. The van der Waals surface area contributed by atoms with E-state index in [4.69, 9.17) is 5.11 Å². The Balaban J connectivity index is 2.08. The molecule has 0 radical (unpaired) electrons. The molecule has 0 spiro atoms. The molecular formula is C13H17N3O3. The second kappa shape index (κ2) is 5.26. The minimum Gasteiger partial charge on any atom is -0.465 e. The van der Waals surface area contributed by atoms with Gasteiger partial charge in [-0.15, -0.1) is 0 Å². The van der Waals surface area contributed by atoms with Crippen LogP contribution < -0.4 is 0 Å². The second-order valence-corrected chi connectivity index (χ2v) is 4.76. The maximum atomic E-state index is 12.3. The first kappa shape index (κ1) is 13.3. The van der Waals surface area contributed by atoms with Crippen LogP contribution in [0.3, 0.4) is 0 Å². The van der Waals surface area contributed by atoms with Gasteiger partial charge >= 0.3 is 6.09 Å². The first-order valence-electron chi connectivity index (χ1n) is 6.20. The summed E-state index contributed by atoms with van der Waals surface area (Å²) in [7, 11) is 0. The number of piperazine rings is 1. The number of rotatable bonds is 1. The van der Waals surface area contributed by atoms with Crippen LogP contribution in [0.25, 0.3) is 0 Å². The summed E-state index contributed by atoms with van der Waals surface area (Å²) in [6, 6.07) is 3.25. The quantitative estimate of drug-likeness (QED) is 0.826. The number of hydrogen-bond donors (Lipinski definition) is 1. The van der Waals surface area contributed by atoms with Crippen LogP contribution in [0, 0.1) is 6.92 Å². The van der Waals surface area contributed by atoms with E-state index in [9.17, 15) is 9.59 Å². The van der Waals surface area contributed by atoms with Crippen molar-refractivity contribution < 1.29 is 14.7 Å². The highest BCUT2D eigenvalue weighted by molar-refractivity contribution is 5.94. The van der Waals surface area contributed by atoms with Crippen molar-refractivity contribution in [3.05, 3.63) is 29.6 Å².